The molecular formula is C70H53Cl4N19O4. The Morgan fingerprint density at radius 2 is 0.856 bits per heavy atom. The second-order valence-corrected chi connectivity index (χ2v) is 23.8. The lowest BCUT2D eigenvalue weighted by Gasteiger charge is -2.22. The minimum Gasteiger partial charge on any atom is -0.361 e. The van der Waals surface area contributed by atoms with Gasteiger partial charge in [-0.3, -0.25) is 43.1 Å². The Bertz CT molecular complexity index is 5760. The lowest BCUT2D eigenvalue weighted by atomic mass is 10.1. The molecule has 0 saturated carbocycles. The second kappa shape index (κ2) is 27.3. The van der Waals surface area contributed by atoms with Gasteiger partial charge in [0.25, 0.3) is 22.6 Å². The first-order valence-electron chi connectivity index (χ1n) is 30.1. The first-order chi connectivity index (χ1) is 47.1. The predicted molar refractivity (Wildman–Crippen MR) is 380 cm³/mol. The van der Waals surface area contributed by atoms with Crippen LogP contribution in [0, 0.1) is 11.3 Å². The van der Waals surface area contributed by atoms with E-state index in [-0.39, 0.29) is 46.4 Å². The van der Waals surface area contributed by atoms with Crippen molar-refractivity contribution in [2.45, 2.75) is 38.9 Å². The quantitative estimate of drug-likeness (QED) is 0.0564. The van der Waals surface area contributed by atoms with Gasteiger partial charge in [-0.25, -0.2) is 29.9 Å². The molecule has 27 heteroatoms. The Hall–Kier alpha value is -11.8. The first kappa shape index (κ1) is 63.9. The average molecular weight is 1370 g/mol. The lowest BCUT2D eigenvalue weighted by Crippen LogP contribution is -2.26. The van der Waals surface area contributed by atoms with E-state index in [2.05, 4.69) is 82.6 Å². The number of amides is 1. The Kier molecular flexibility index (Phi) is 18.0. The van der Waals surface area contributed by atoms with Crippen molar-refractivity contribution in [1.82, 2.24) is 74.3 Å². The maximum atomic E-state index is 13.6. The van der Waals surface area contributed by atoms with E-state index in [9.17, 15) is 24.4 Å². The van der Waals surface area contributed by atoms with E-state index >= 15 is 0 Å². The maximum Gasteiger partial charge on any atom is 0.264 e. The van der Waals surface area contributed by atoms with E-state index in [0.29, 0.717) is 98.2 Å². The van der Waals surface area contributed by atoms with Crippen LogP contribution in [0.3, 0.4) is 0 Å². The number of aromatic nitrogens is 14. The third-order valence-electron chi connectivity index (χ3n) is 16.2. The monoisotopic (exact) mass is 1360 g/mol. The van der Waals surface area contributed by atoms with Crippen LogP contribution in [0.4, 0.5) is 17.5 Å². The maximum absolute atomic E-state index is 13.6. The summed E-state index contributed by atoms with van der Waals surface area (Å²) in [4.78, 5) is 81.7. The molecule has 0 radical (unpaired) electrons. The number of anilines is 3. The molecule has 9 heterocycles. The van der Waals surface area contributed by atoms with Crippen molar-refractivity contribution in [2.24, 2.45) is 0 Å². The van der Waals surface area contributed by atoms with Crippen molar-refractivity contribution < 1.29 is 4.79 Å². The van der Waals surface area contributed by atoms with Crippen molar-refractivity contribution in [3.63, 3.8) is 0 Å². The van der Waals surface area contributed by atoms with Crippen LogP contribution >= 0.6 is 46.4 Å². The molecule has 0 spiro atoms. The Labute approximate surface area is 569 Å². The minimum atomic E-state index is -0.359. The molecule has 7 N–H and O–H groups in total. The first-order valence-corrected chi connectivity index (χ1v) is 31.6. The summed E-state index contributed by atoms with van der Waals surface area (Å²) in [6.07, 6.45) is 5.82. The van der Waals surface area contributed by atoms with E-state index < -0.39 is 0 Å². The number of nitrogens with one attached hydrogen (secondary N) is 7. The number of H-pyrrole nitrogens is 3. The fraction of sp³-hybridized carbons (Fsp3) is 0.100. The Morgan fingerprint density at radius 1 is 0.474 bits per heavy atom. The van der Waals surface area contributed by atoms with Crippen LogP contribution < -0.4 is 37.9 Å². The minimum absolute atomic E-state index is 0.188. The van der Waals surface area contributed by atoms with Crippen molar-refractivity contribution in [2.75, 3.05) is 23.0 Å². The van der Waals surface area contributed by atoms with Crippen LogP contribution in [-0.4, -0.2) is 81.9 Å². The number of para-hydroxylation sites is 3. The van der Waals surface area contributed by atoms with Gasteiger partial charge in [0, 0.05) is 47.4 Å². The standard InChI is InChI=1S/C25H21ClN6O2.C23H16ClN7O.C22H16Cl2N6O/c1-14(31-23-21-17(24(33)27-2)12-28-22(21)29-13-30-23)19-11-15-7-6-10-18(26)20(15)25(34)32(19)16-8-4-3-5-9-16;1-13(28-21-20-17(11-25)29-30-22(20)27-12-26-21)18-10-14-6-5-9-16(24)19(14)23(32)31(18)15-7-3-2-4-8-15;1-12(27-20-18-19(24)28-29-21(18)26-11-25-20)16-10-13-6-5-9-15(23)17(13)22(31)30(16)14-7-3-2-4-8-14/h3-14H,1-2H3,(H,27,33)(H2,28,29,30,31);2-10,12-13H,1H3,(H2,26,27,28,29,30);2-12H,1H3,(H2,25,26,27,28,29)/t14-;13-;12-/m000/s1. The van der Waals surface area contributed by atoms with Crippen LogP contribution in [-0.2, 0) is 0 Å². The number of carbonyl (C=O) groups is 1. The fourth-order valence-corrected chi connectivity index (χ4v) is 12.7. The van der Waals surface area contributed by atoms with Gasteiger partial charge in [-0.1, -0.05) is 137 Å². The molecule has 15 rings (SSSR count). The number of hydrogen-bond acceptors (Lipinski definition) is 16. The van der Waals surface area contributed by atoms with Crippen molar-refractivity contribution in [1.29, 1.82) is 5.26 Å². The highest BCUT2D eigenvalue weighted by Gasteiger charge is 2.25. The number of benzene rings is 6. The van der Waals surface area contributed by atoms with E-state index in [1.807, 2.05) is 166 Å². The number of nitrogens with zero attached hydrogens (tertiary/aromatic N) is 12. The van der Waals surface area contributed by atoms with Gasteiger partial charge in [0.15, 0.2) is 11.3 Å². The number of pyridine rings is 3. The second-order valence-electron chi connectivity index (χ2n) is 22.2. The lowest BCUT2D eigenvalue weighted by molar-refractivity contribution is 0.0964. The molecule has 6 aromatic carbocycles. The average Bonchev–Trinajstić information content (AvgIpc) is 1.64. The fourth-order valence-electron chi connectivity index (χ4n) is 11.7. The summed E-state index contributed by atoms with van der Waals surface area (Å²) in [6, 6.07) is 51.4. The molecule has 1 amide bonds. The van der Waals surface area contributed by atoms with Crippen molar-refractivity contribution in [3.8, 4) is 23.1 Å². The van der Waals surface area contributed by atoms with E-state index in [1.54, 1.807) is 45.1 Å². The van der Waals surface area contributed by atoms with Gasteiger partial charge in [-0.2, -0.15) is 15.5 Å². The molecule has 3 atom stereocenters. The van der Waals surface area contributed by atoms with E-state index in [1.165, 1.54) is 19.0 Å². The molecule has 0 saturated heterocycles. The van der Waals surface area contributed by atoms with Gasteiger partial charge in [0.1, 0.15) is 64.4 Å². The van der Waals surface area contributed by atoms with Gasteiger partial charge in [0.05, 0.1) is 65.7 Å². The molecule has 97 heavy (non-hydrogen) atoms. The van der Waals surface area contributed by atoms with Crippen LogP contribution in [0.5, 0.6) is 0 Å². The summed E-state index contributed by atoms with van der Waals surface area (Å²) in [5, 5.41) is 42.5. The summed E-state index contributed by atoms with van der Waals surface area (Å²) >= 11 is 25.4. The molecule has 0 bridgehead atoms. The van der Waals surface area contributed by atoms with Crippen molar-refractivity contribution in [3.05, 3.63) is 269 Å². The number of carbonyl (C=O) groups excluding carboxylic acids is 1. The normalized spacial score (nSPS) is 12.2. The zero-order chi connectivity index (χ0) is 67.6. The molecule has 9 aromatic heterocycles. The topological polar surface area (TPSA) is 305 Å². The Balaban J connectivity index is 0.000000131. The molecule has 0 aliphatic rings. The molecule has 0 fully saturated rings. The Morgan fingerprint density at radius 3 is 1.27 bits per heavy atom. The third-order valence-corrected chi connectivity index (χ3v) is 17.4. The largest absolute Gasteiger partial charge is 0.361 e. The number of fused-ring (bicyclic) bond motifs is 6. The van der Waals surface area contributed by atoms with Crippen LogP contribution in [0.15, 0.2) is 203 Å². The highest BCUT2D eigenvalue weighted by atomic mass is 35.5. The summed E-state index contributed by atoms with van der Waals surface area (Å²) in [5.74, 6) is 1.20. The molecule has 23 nitrogen and oxygen atoms in total. The van der Waals surface area contributed by atoms with Gasteiger partial charge < -0.3 is 26.3 Å². The molecular weight excluding hydrogens is 1310 g/mol. The molecule has 480 valence electrons. The zero-order valence-electron chi connectivity index (χ0n) is 51.6. The summed E-state index contributed by atoms with van der Waals surface area (Å²) in [5.41, 5.74) is 5.83. The molecule has 0 aliphatic carbocycles. The highest BCUT2D eigenvalue weighted by molar-refractivity contribution is 6.36. The van der Waals surface area contributed by atoms with E-state index in [4.69, 9.17) is 46.4 Å². The SMILES string of the molecule is CNC(=O)c1c[nH]c2ncnc(N[C@@H](C)c3cc4cccc(Cl)c4c(=O)n3-c3ccccc3)c12.C[C@H](Nc1ncnc2n[nH]c(C#N)c12)c1cc2cccc(Cl)c2c(=O)n1-c1ccccc1.C[C@H](Nc1ncnc2n[nH]c(Cl)c12)c1cc2cccc(Cl)c2c(=O)n1-c1ccccc1. The van der Waals surface area contributed by atoms with Crippen LogP contribution in [0.2, 0.25) is 20.2 Å². The zero-order valence-corrected chi connectivity index (χ0v) is 54.7. The smallest absolute Gasteiger partial charge is 0.264 e. The number of nitriles is 1. The van der Waals surface area contributed by atoms with Gasteiger partial charge >= 0.3 is 0 Å². The van der Waals surface area contributed by atoms with Gasteiger partial charge in [-0.05, 0) is 110 Å². The molecule has 0 aliphatic heterocycles. The highest BCUT2D eigenvalue weighted by Crippen LogP contribution is 2.34. The summed E-state index contributed by atoms with van der Waals surface area (Å²) in [7, 11) is 1.57. The third kappa shape index (κ3) is 12.3. The van der Waals surface area contributed by atoms with Crippen molar-refractivity contribution >= 4 is 135 Å². The van der Waals surface area contributed by atoms with Gasteiger partial charge in [0.2, 0.25) is 0 Å². The number of rotatable bonds is 13. The predicted octanol–water partition coefficient (Wildman–Crippen LogP) is 13.9. The number of halogens is 4. The van der Waals surface area contributed by atoms with Crippen LogP contribution in [0.1, 0.15) is 72.0 Å². The summed E-state index contributed by atoms with van der Waals surface area (Å²) in [6.45, 7) is 5.81. The summed E-state index contributed by atoms with van der Waals surface area (Å²) < 4.78 is 4.97. The number of aromatic amines is 3. The van der Waals surface area contributed by atoms with Crippen LogP contribution in [0.25, 0.3) is 82.5 Å². The number of hydrogen-bond donors (Lipinski definition) is 7. The van der Waals surface area contributed by atoms with Gasteiger partial charge in [-0.15, -0.1) is 0 Å². The molecule has 15 aromatic rings. The van der Waals surface area contributed by atoms with E-state index in [0.717, 1.165) is 44.6 Å². The molecule has 0 unspecified atom stereocenters.